The van der Waals surface area contributed by atoms with Crippen LogP contribution in [0.5, 0.6) is 11.5 Å². The summed E-state index contributed by atoms with van der Waals surface area (Å²) in [6.45, 7) is 6.86. The molecule has 0 spiro atoms. The third-order valence-electron chi connectivity index (χ3n) is 3.75. The van der Waals surface area contributed by atoms with Crippen molar-refractivity contribution >= 4 is 5.71 Å². The van der Waals surface area contributed by atoms with E-state index in [0.717, 1.165) is 17.7 Å². The highest BCUT2D eigenvalue weighted by atomic mass is 16.5. The van der Waals surface area contributed by atoms with Crippen molar-refractivity contribution in [3.05, 3.63) is 23.8 Å². The number of hydrogen-bond acceptors (Lipinski definition) is 4. The maximum atomic E-state index is 8.83. The van der Waals surface area contributed by atoms with E-state index in [1.165, 1.54) is 19.3 Å². The van der Waals surface area contributed by atoms with Gasteiger partial charge in [-0.05, 0) is 37.5 Å². The summed E-state index contributed by atoms with van der Waals surface area (Å²) in [5.41, 5.74) is 1.37. The predicted molar refractivity (Wildman–Crippen MR) is 85.8 cm³/mol. The van der Waals surface area contributed by atoms with Crippen molar-refractivity contribution in [2.75, 3.05) is 13.7 Å². The Balaban J connectivity index is 2.74. The molecule has 1 aromatic carbocycles. The number of unbranched alkanes of at least 4 members (excludes halogenated alkanes) is 1. The molecule has 0 bridgehead atoms. The molecule has 4 heteroatoms. The highest BCUT2D eigenvalue weighted by molar-refractivity contribution is 5.98. The standard InChI is InChI=1S/C17H27NO3/c1-5-7-8-14(6-2)12-21-16-10-9-15(13(3)18-19)11-17(16)20-4/h9-11,14,19H,5-8,12H2,1-4H3. The van der Waals surface area contributed by atoms with Gasteiger partial charge in [0.2, 0.25) is 0 Å². The third-order valence-corrected chi connectivity index (χ3v) is 3.75. The van der Waals surface area contributed by atoms with Crippen LogP contribution in [0, 0.1) is 5.92 Å². The van der Waals surface area contributed by atoms with Gasteiger partial charge in [-0.1, -0.05) is 38.3 Å². The summed E-state index contributed by atoms with van der Waals surface area (Å²) in [4.78, 5) is 0. The molecule has 0 aliphatic heterocycles. The highest BCUT2D eigenvalue weighted by Crippen LogP contribution is 2.29. The Hall–Kier alpha value is -1.71. The lowest BCUT2D eigenvalue weighted by Gasteiger charge is -2.17. The lowest BCUT2D eigenvalue weighted by molar-refractivity contribution is 0.224. The number of benzene rings is 1. The Morgan fingerprint density at radius 1 is 1.29 bits per heavy atom. The van der Waals surface area contributed by atoms with Gasteiger partial charge in [0.15, 0.2) is 11.5 Å². The second kappa shape index (κ2) is 9.27. The normalized spacial score (nSPS) is 13.0. The van der Waals surface area contributed by atoms with Gasteiger partial charge in [-0.2, -0.15) is 0 Å². The molecule has 4 nitrogen and oxygen atoms in total. The van der Waals surface area contributed by atoms with Gasteiger partial charge < -0.3 is 14.7 Å². The van der Waals surface area contributed by atoms with Crippen LogP contribution in [0.2, 0.25) is 0 Å². The summed E-state index contributed by atoms with van der Waals surface area (Å²) >= 11 is 0. The average Bonchev–Trinajstić information content (AvgIpc) is 2.54. The van der Waals surface area contributed by atoms with E-state index in [0.29, 0.717) is 24.0 Å². The molecular formula is C17H27NO3. The molecular weight excluding hydrogens is 266 g/mol. The Morgan fingerprint density at radius 3 is 2.62 bits per heavy atom. The molecule has 21 heavy (non-hydrogen) atoms. The van der Waals surface area contributed by atoms with Crippen LogP contribution in [0.25, 0.3) is 0 Å². The molecule has 0 aliphatic rings. The number of hydrogen-bond donors (Lipinski definition) is 1. The van der Waals surface area contributed by atoms with Crippen LogP contribution >= 0.6 is 0 Å². The zero-order valence-electron chi connectivity index (χ0n) is 13.6. The summed E-state index contributed by atoms with van der Waals surface area (Å²) in [7, 11) is 1.62. The van der Waals surface area contributed by atoms with Gasteiger partial charge >= 0.3 is 0 Å². The Labute approximate surface area is 127 Å². The van der Waals surface area contributed by atoms with E-state index in [1.807, 2.05) is 18.2 Å². The molecule has 0 radical (unpaired) electrons. The second-order valence-electron chi connectivity index (χ2n) is 5.28. The predicted octanol–water partition coefficient (Wildman–Crippen LogP) is 4.49. The van der Waals surface area contributed by atoms with Crippen molar-refractivity contribution < 1.29 is 14.7 Å². The summed E-state index contributed by atoms with van der Waals surface area (Å²) in [6.07, 6.45) is 4.78. The van der Waals surface area contributed by atoms with Crippen LogP contribution in [-0.4, -0.2) is 24.6 Å². The Bertz CT molecular complexity index is 457. The SMILES string of the molecule is CCCCC(CC)COc1ccc(C(C)=NO)cc1OC. The fraction of sp³-hybridized carbons (Fsp3) is 0.588. The quantitative estimate of drug-likeness (QED) is 0.414. The number of rotatable bonds is 9. The second-order valence-corrected chi connectivity index (χ2v) is 5.28. The Kier molecular flexibility index (Phi) is 7.65. The maximum Gasteiger partial charge on any atom is 0.161 e. The molecule has 0 aromatic heterocycles. The first kappa shape index (κ1) is 17.3. The van der Waals surface area contributed by atoms with Crippen LogP contribution in [0.3, 0.4) is 0 Å². The van der Waals surface area contributed by atoms with Crippen LogP contribution in [-0.2, 0) is 0 Å². The lowest BCUT2D eigenvalue weighted by Crippen LogP contribution is -2.12. The molecule has 0 saturated heterocycles. The topological polar surface area (TPSA) is 51.0 Å². The van der Waals surface area contributed by atoms with Crippen molar-refractivity contribution in [2.24, 2.45) is 11.1 Å². The van der Waals surface area contributed by atoms with Crippen LogP contribution in [0.15, 0.2) is 23.4 Å². The smallest absolute Gasteiger partial charge is 0.161 e. The number of nitrogens with zero attached hydrogens (tertiary/aromatic N) is 1. The van der Waals surface area contributed by atoms with E-state index >= 15 is 0 Å². The molecule has 0 saturated carbocycles. The fourth-order valence-corrected chi connectivity index (χ4v) is 2.18. The van der Waals surface area contributed by atoms with Gasteiger partial charge in [-0.3, -0.25) is 0 Å². The average molecular weight is 293 g/mol. The van der Waals surface area contributed by atoms with Gasteiger partial charge in [0.1, 0.15) is 0 Å². The summed E-state index contributed by atoms with van der Waals surface area (Å²) < 4.78 is 11.3. The highest BCUT2D eigenvalue weighted by Gasteiger charge is 2.11. The van der Waals surface area contributed by atoms with Gasteiger partial charge in [0.05, 0.1) is 19.4 Å². The summed E-state index contributed by atoms with van der Waals surface area (Å²) in [5, 5.41) is 12.0. The molecule has 1 aromatic rings. The van der Waals surface area contributed by atoms with Crippen molar-refractivity contribution in [3.63, 3.8) is 0 Å². The minimum Gasteiger partial charge on any atom is -0.493 e. The van der Waals surface area contributed by atoms with Crippen LogP contribution in [0.4, 0.5) is 0 Å². The first-order chi connectivity index (χ1) is 10.2. The van der Waals surface area contributed by atoms with Crippen LogP contribution < -0.4 is 9.47 Å². The first-order valence-corrected chi connectivity index (χ1v) is 7.66. The zero-order valence-corrected chi connectivity index (χ0v) is 13.6. The molecule has 0 fully saturated rings. The molecule has 118 valence electrons. The molecule has 1 atom stereocenters. The van der Waals surface area contributed by atoms with Crippen molar-refractivity contribution in [3.8, 4) is 11.5 Å². The van der Waals surface area contributed by atoms with Crippen LogP contribution in [0.1, 0.15) is 52.0 Å². The van der Waals surface area contributed by atoms with Gasteiger partial charge in [-0.25, -0.2) is 0 Å². The fourth-order valence-electron chi connectivity index (χ4n) is 2.18. The summed E-state index contributed by atoms with van der Waals surface area (Å²) in [5.74, 6) is 1.98. The lowest BCUT2D eigenvalue weighted by atomic mass is 10.0. The molecule has 0 heterocycles. The molecule has 1 rings (SSSR count). The number of oxime groups is 1. The first-order valence-electron chi connectivity index (χ1n) is 7.66. The van der Waals surface area contributed by atoms with E-state index in [1.54, 1.807) is 14.0 Å². The van der Waals surface area contributed by atoms with E-state index < -0.39 is 0 Å². The Morgan fingerprint density at radius 2 is 2.05 bits per heavy atom. The summed E-state index contributed by atoms with van der Waals surface area (Å²) in [6, 6.07) is 5.58. The maximum absolute atomic E-state index is 8.83. The van der Waals surface area contributed by atoms with E-state index in [-0.39, 0.29) is 0 Å². The van der Waals surface area contributed by atoms with Gasteiger partial charge in [0, 0.05) is 5.56 Å². The number of methoxy groups -OCH3 is 1. The molecule has 0 amide bonds. The van der Waals surface area contributed by atoms with Crippen molar-refractivity contribution in [2.45, 2.75) is 46.5 Å². The van der Waals surface area contributed by atoms with E-state index in [9.17, 15) is 0 Å². The van der Waals surface area contributed by atoms with E-state index in [2.05, 4.69) is 19.0 Å². The molecule has 1 N–H and O–H groups in total. The molecule has 0 aliphatic carbocycles. The zero-order chi connectivity index (χ0) is 15.7. The van der Waals surface area contributed by atoms with E-state index in [4.69, 9.17) is 14.7 Å². The van der Waals surface area contributed by atoms with Crippen molar-refractivity contribution in [1.82, 2.24) is 0 Å². The van der Waals surface area contributed by atoms with Gasteiger partial charge in [-0.15, -0.1) is 0 Å². The largest absolute Gasteiger partial charge is 0.493 e. The minimum atomic E-state index is 0.550. The van der Waals surface area contributed by atoms with Crippen molar-refractivity contribution in [1.29, 1.82) is 0 Å². The third kappa shape index (κ3) is 5.29. The van der Waals surface area contributed by atoms with Gasteiger partial charge in [0.25, 0.3) is 0 Å². The molecule has 1 unspecified atom stereocenters. The number of ether oxygens (including phenoxy) is 2. The monoisotopic (exact) mass is 293 g/mol. The minimum absolute atomic E-state index is 0.550.